The molecule has 21 nitrogen and oxygen atoms in total. The van der Waals surface area contributed by atoms with Gasteiger partial charge in [-0.15, -0.1) is 0 Å². The maximum absolute atomic E-state index is 14.5. The number of imide groups is 1. The zero-order chi connectivity index (χ0) is 65.1. The molecule has 5 N–H and O–H groups in total. The maximum Gasteiger partial charge on any atom is 0.328 e. The summed E-state index contributed by atoms with van der Waals surface area (Å²) >= 11 is 19.4. The first kappa shape index (κ1) is 70.8. The van der Waals surface area contributed by atoms with Crippen molar-refractivity contribution in [2.45, 2.75) is 180 Å². The van der Waals surface area contributed by atoms with Crippen LogP contribution < -0.4 is 26.0 Å². The van der Waals surface area contributed by atoms with Gasteiger partial charge in [-0.1, -0.05) is 99.4 Å². The van der Waals surface area contributed by atoms with Crippen molar-refractivity contribution < 1.29 is 71.9 Å². The number of urea groups is 1. The molecule has 1 unspecified atom stereocenters. The predicted molar refractivity (Wildman–Crippen MR) is 335 cm³/mol. The third-order valence-corrected chi connectivity index (χ3v) is 18.5. The number of carbonyl (C=O) groups is 9. The van der Waals surface area contributed by atoms with Crippen LogP contribution in [0.5, 0.6) is 5.75 Å². The van der Waals surface area contributed by atoms with E-state index < -0.39 is 95.7 Å². The number of carbonyl (C=O) groups excluding carboxylic acids is 9. The summed E-state index contributed by atoms with van der Waals surface area (Å²) in [7, 11) is 5.82. The number of epoxide rings is 1. The first-order valence-corrected chi connectivity index (χ1v) is 31.2. The molecule has 0 saturated carbocycles. The zero-order valence-electron chi connectivity index (χ0n) is 52.2. The Kier molecular flexibility index (Phi) is 24.9. The molecule has 88 heavy (non-hydrogen) atoms. The van der Waals surface area contributed by atoms with Crippen molar-refractivity contribution >= 4 is 99.3 Å². The fourth-order valence-electron chi connectivity index (χ4n) is 11.7. The minimum Gasteiger partial charge on any atom is -0.495 e. The summed E-state index contributed by atoms with van der Waals surface area (Å²) in [4.78, 5) is 125. The first-order valence-electron chi connectivity index (χ1n) is 30.0. The number of amides is 7. The van der Waals surface area contributed by atoms with Gasteiger partial charge in [0, 0.05) is 71.3 Å². The number of rotatable bonds is 24. The number of nitrogens with one attached hydrogen (secondary N) is 2. The number of thiocarbonyl (C=S) groups is 1. The largest absolute Gasteiger partial charge is 0.495 e. The number of primary amides is 1. The van der Waals surface area contributed by atoms with Crippen molar-refractivity contribution in [2.24, 2.45) is 29.4 Å². The number of likely N-dealkylation sites (N-methyl/N-ethyl adjacent to an activating group) is 1. The maximum atomic E-state index is 14.5. The van der Waals surface area contributed by atoms with Crippen LogP contribution in [0, 0.1) is 23.7 Å². The number of ether oxygens (including phenoxy) is 5. The van der Waals surface area contributed by atoms with Crippen LogP contribution >= 0.6 is 35.4 Å². The molecule has 0 spiro atoms. The van der Waals surface area contributed by atoms with E-state index in [0.717, 1.165) is 22.5 Å². The monoisotopic (exact) mass is 1280 g/mol. The Labute approximate surface area is 531 Å². The normalized spacial score (nSPS) is 26.0. The molecule has 7 amide bonds. The summed E-state index contributed by atoms with van der Waals surface area (Å²) in [6, 6.07) is 4.95. The molecule has 0 radical (unpaired) electrons. The molecule has 0 aliphatic carbocycles. The minimum atomic E-state index is -1.67. The Morgan fingerprint density at radius 2 is 1.70 bits per heavy atom. The number of aliphatic hydroxyl groups is 1. The number of benzene rings is 2. The number of hydrogen-bond donors (Lipinski definition) is 4. The van der Waals surface area contributed by atoms with E-state index in [1.165, 1.54) is 57.2 Å². The Balaban J connectivity index is 1.16. The van der Waals surface area contributed by atoms with Crippen molar-refractivity contribution in [3.05, 3.63) is 80.9 Å². The second-order valence-corrected chi connectivity index (χ2v) is 25.8. The van der Waals surface area contributed by atoms with Gasteiger partial charge in [-0.3, -0.25) is 38.5 Å². The summed E-state index contributed by atoms with van der Waals surface area (Å²) in [6.45, 7) is 12.9. The lowest BCUT2D eigenvalue weighted by molar-refractivity contribution is -0.187. The van der Waals surface area contributed by atoms with Crippen LogP contribution in [-0.4, -0.2) is 162 Å². The van der Waals surface area contributed by atoms with Crippen molar-refractivity contribution in [3.63, 3.8) is 0 Å². The number of halogens is 2. The number of methoxy groups -OCH3 is 2. The van der Waals surface area contributed by atoms with E-state index in [1.807, 2.05) is 26.8 Å². The Morgan fingerprint density at radius 3 is 2.34 bits per heavy atom. The van der Waals surface area contributed by atoms with Gasteiger partial charge in [0.1, 0.15) is 46.3 Å². The lowest BCUT2D eigenvalue weighted by Gasteiger charge is -2.41. The van der Waals surface area contributed by atoms with Gasteiger partial charge in [0.25, 0.3) is 5.91 Å². The minimum absolute atomic E-state index is 0.00641. The Bertz CT molecular complexity index is 3050. The summed E-state index contributed by atoms with van der Waals surface area (Å²) in [5, 5.41) is 17.6. The average Bonchev–Trinajstić information content (AvgIpc) is 1.58. The van der Waals surface area contributed by atoms with Crippen LogP contribution in [-0.2, 0) is 65.4 Å². The number of hydrogen-bond acceptors (Lipinski definition) is 16. The fraction of sp³-hybridized carbons (Fsp3) is 0.594. The molecule has 6 rings (SSSR count). The number of unbranched alkanes of at least 4 members (excludes halogenated alkanes) is 2. The van der Waals surface area contributed by atoms with Crippen LogP contribution in [0.15, 0.2) is 54.1 Å². The van der Waals surface area contributed by atoms with Crippen molar-refractivity contribution in [1.29, 1.82) is 0 Å². The lowest BCUT2D eigenvalue weighted by Crippen LogP contribution is -2.53. The van der Waals surface area contributed by atoms with E-state index >= 15 is 0 Å². The molecular weight excluding hydrogens is 1200 g/mol. The summed E-state index contributed by atoms with van der Waals surface area (Å²) in [5.74, 6) is -5.07. The van der Waals surface area contributed by atoms with Crippen molar-refractivity contribution in [3.8, 4) is 5.75 Å². The molecule has 2 aromatic carbocycles. The molecule has 0 aromatic heterocycles. The van der Waals surface area contributed by atoms with Gasteiger partial charge in [0.2, 0.25) is 23.6 Å². The molecule has 3 saturated heterocycles. The summed E-state index contributed by atoms with van der Waals surface area (Å²) in [5.41, 5.74) is 4.66. The van der Waals surface area contributed by atoms with Crippen molar-refractivity contribution in [1.82, 2.24) is 20.4 Å². The number of likely N-dealkylation sites (tertiary alicyclic amines) is 1. The van der Waals surface area contributed by atoms with Crippen LogP contribution in [0.4, 0.5) is 10.5 Å². The van der Waals surface area contributed by atoms with Crippen molar-refractivity contribution in [2.75, 3.05) is 46.3 Å². The predicted octanol–water partition coefficient (Wildman–Crippen LogP) is 7.76. The molecule has 4 bridgehead atoms. The van der Waals surface area contributed by atoms with Crippen LogP contribution in [0.2, 0.25) is 10.0 Å². The highest BCUT2D eigenvalue weighted by atomic mass is 35.5. The smallest absolute Gasteiger partial charge is 0.328 e. The van der Waals surface area contributed by atoms with E-state index in [1.54, 1.807) is 51.1 Å². The highest BCUT2D eigenvalue weighted by molar-refractivity contribution is 7.80. The van der Waals surface area contributed by atoms with Gasteiger partial charge >= 0.3 is 18.0 Å². The van der Waals surface area contributed by atoms with Gasteiger partial charge in [-0.05, 0) is 112 Å². The van der Waals surface area contributed by atoms with Gasteiger partial charge < -0.3 is 55.0 Å². The van der Waals surface area contributed by atoms with E-state index in [2.05, 4.69) is 10.6 Å². The van der Waals surface area contributed by atoms with Crippen LogP contribution in [0.3, 0.4) is 0 Å². The highest BCUT2D eigenvalue weighted by Crippen LogP contribution is 2.50. The molecular formula is C64H86Cl2N6O15S. The topological polar surface area (TPSA) is 283 Å². The van der Waals surface area contributed by atoms with E-state index in [4.69, 9.17) is 64.8 Å². The third kappa shape index (κ3) is 17.8. The molecule has 4 aliphatic heterocycles. The van der Waals surface area contributed by atoms with E-state index in [0.29, 0.717) is 66.9 Å². The second-order valence-electron chi connectivity index (χ2n) is 24.5. The van der Waals surface area contributed by atoms with E-state index in [-0.39, 0.29) is 89.6 Å². The quantitative estimate of drug-likeness (QED) is 0.0257. The van der Waals surface area contributed by atoms with E-state index in [9.17, 15) is 48.3 Å². The average molecular weight is 1280 g/mol. The van der Waals surface area contributed by atoms with Gasteiger partial charge in [-0.2, -0.15) is 0 Å². The Morgan fingerprint density at radius 1 is 0.989 bits per heavy atom. The number of allylic oxidation sites excluding steroid dienone is 3. The number of esters is 2. The number of nitrogens with zero attached hydrogens (tertiary/aromatic N) is 3. The molecule has 4 heterocycles. The number of anilines is 1. The third-order valence-electron chi connectivity index (χ3n) is 17.4. The SMILES string of the molecule is COc1cc2cc(c1Cl)N(C)C(=O)C[C@H](OC(=O)[C@H](C)N(C)C(=O)c1ccc(CC(=O)[C@H](CCCNC(N)=O)NC(=O)[C@@H](CC(=S)CCCCCN3C(=O)CC(C)C3=O)C(C)C)cc1Cl)[C@]1(C)O[C@H]1[C@H](C)[C@@H]1C[C@@](O)(CC(=O)O1)[C@H](OC)/C=C/C=C(\C)C2. The second kappa shape index (κ2) is 30.9. The fourth-order valence-corrected chi connectivity index (χ4v) is 12.6. The standard InChI is InChI=1S/C64H86Cl2N6O15S/c1-35(2)44(31-42(88)18-13-12-14-24-72-54(75)26-37(4)59(72)78)58(77)69-46(19-16-23-68-62(67)81)48(73)29-40-21-22-43(45(65)27-40)60(79)70(8)39(6)61(80)86-52-32-53(74)71(9)47-28-41(30-49(83-10)56(47)66)25-36(3)17-15-20-51(84-11)64(82)33-50(85-55(76)34-64)38(5)57-63(52,7)87-57/h15,17,20-22,27-28,30,35,37-39,44,46,50-52,57,82H,12-14,16,18-19,23-26,29,31-34H2,1-11H3,(H,69,77)(H3,67,68,81)/b20-15+,36-17+/t37?,38-,39+,44+,46+,50+,51-,52+,57+,63+,64-/m1/s1. The summed E-state index contributed by atoms with van der Waals surface area (Å²) < 4.78 is 29.8. The number of Topliss-reactive ketones (excluding diaryl/α,β-unsaturated/α-hetero) is 1. The van der Waals surface area contributed by atoms with Gasteiger partial charge in [-0.25, -0.2) is 9.59 Å². The molecule has 2 aromatic rings. The van der Waals surface area contributed by atoms with Gasteiger partial charge in [0.15, 0.2) is 5.78 Å². The number of nitrogens with two attached hydrogens (primary N) is 1. The van der Waals surface area contributed by atoms with Crippen LogP contribution in [0.25, 0.3) is 0 Å². The summed E-state index contributed by atoms with van der Waals surface area (Å²) in [6.07, 6.45) is 4.51. The van der Waals surface area contributed by atoms with Crippen LogP contribution in [0.1, 0.15) is 141 Å². The first-order chi connectivity index (χ1) is 41.4. The number of ketones is 1. The molecule has 11 atom stereocenters. The highest BCUT2D eigenvalue weighted by Gasteiger charge is 2.64. The molecule has 3 fully saturated rings. The lowest BCUT2D eigenvalue weighted by atomic mass is 9.78. The van der Waals surface area contributed by atoms with Gasteiger partial charge in [0.05, 0.1) is 48.4 Å². The zero-order valence-corrected chi connectivity index (χ0v) is 54.6. The number of fused-ring (bicyclic) bond motifs is 5. The Hall–Kier alpha value is -6.30. The molecule has 482 valence electrons. The molecule has 24 heteroatoms. The molecule has 4 aliphatic rings.